The van der Waals surface area contributed by atoms with Gasteiger partial charge in [-0.15, -0.1) is 0 Å². The first-order valence-corrected chi connectivity index (χ1v) is 5.65. The van der Waals surface area contributed by atoms with Crippen LogP contribution in [-0.4, -0.2) is 55.8 Å². The Labute approximate surface area is 102 Å². The van der Waals surface area contributed by atoms with Crippen molar-refractivity contribution in [2.45, 2.75) is 13.3 Å². The molecule has 0 atom stereocenters. The molecule has 0 spiro atoms. The average Bonchev–Trinajstić information content (AvgIpc) is 2.23. The largest absolute Gasteiger partial charge is 0.392 e. The molecule has 0 saturated carbocycles. The molecular formula is C10H20N2O3S. The topological polar surface area (TPSA) is 64.8 Å². The van der Waals surface area contributed by atoms with Crippen LogP contribution in [0.4, 0.5) is 0 Å². The van der Waals surface area contributed by atoms with Crippen LogP contribution < -0.4 is 5.73 Å². The molecule has 0 aliphatic heterocycles. The molecule has 0 aromatic rings. The van der Waals surface area contributed by atoms with Gasteiger partial charge in [-0.2, -0.15) is 0 Å². The number of carbonyl (C=O) groups is 1. The molecule has 0 saturated heterocycles. The Morgan fingerprint density at radius 1 is 1.44 bits per heavy atom. The van der Waals surface area contributed by atoms with E-state index in [0.717, 1.165) is 6.42 Å². The number of amides is 1. The van der Waals surface area contributed by atoms with Crippen molar-refractivity contribution in [1.29, 1.82) is 0 Å². The van der Waals surface area contributed by atoms with Crippen LogP contribution in [0, 0.1) is 0 Å². The first-order valence-electron chi connectivity index (χ1n) is 5.24. The maximum Gasteiger partial charge on any atom is 0.248 e. The second-order valence-corrected chi connectivity index (χ2v) is 3.85. The van der Waals surface area contributed by atoms with Crippen molar-refractivity contribution in [3.05, 3.63) is 0 Å². The van der Waals surface area contributed by atoms with Crippen molar-refractivity contribution in [2.75, 3.05) is 40.0 Å². The molecule has 2 N–H and O–H groups in total. The lowest BCUT2D eigenvalue weighted by Crippen LogP contribution is -2.40. The van der Waals surface area contributed by atoms with Gasteiger partial charge < -0.3 is 20.1 Å². The van der Waals surface area contributed by atoms with Crippen molar-refractivity contribution in [2.24, 2.45) is 5.73 Å². The fourth-order valence-corrected chi connectivity index (χ4v) is 1.30. The van der Waals surface area contributed by atoms with Gasteiger partial charge in [0, 0.05) is 13.7 Å². The summed E-state index contributed by atoms with van der Waals surface area (Å²) >= 11 is 4.78. The third-order valence-corrected chi connectivity index (χ3v) is 1.98. The van der Waals surface area contributed by atoms with Crippen LogP contribution in [0.1, 0.15) is 13.3 Å². The van der Waals surface area contributed by atoms with E-state index in [0.29, 0.717) is 31.3 Å². The van der Waals surface area contributed by atoms with Gasteiger partial charge in [0.1, 0.15) is 6.61 Å². The highest BCUT2D eigenvalue weighted by Gasteiger charge is 2.13. The van der Waals surface area contributed by atoms with E-state index in [1.54, 1.807) is 12.0 Å². The molecule has 0 fully saturated rings. The fourth-order valence-electron chi connectivity index (χ4n) is 1.14. The van der Waals surface area contributed by atoms with Gasteiger partial charge >= 0.3 is 0 Å². The molecule has 5 nitrogen and oxygen atoms in total. The smallest absolute Gasteiger partial charge is 0.248 e. The Balaban J connectivity index is 3.91. The summed E-state index contributed by atoms with van der Waals surface area (Å²) in [7, 11) is 1.58. The van der Waals surface area contributed by atoms with Crippen LogP contribution >= 0.6 is 12.2 Å². The van der Waals surface area contributed by atoms with Crippen LogP contribution in [0.25, 0.3) is 0 Å². The molecule has 0 heterocycles. The van der Waals surface area contributed by atoms with E-state index in [1.807, 2.05) is 6.92 Å². The molecule has 0 radical (unpaired) electrons. The monoisotopic (exact) mass is 248 g/mol. The Hall–Kier alpha value is -0.720. The van der Waals surface area contributed by atoms with Gasteiger partial charge in [0.05, 0.1) is 24.7 Å². The molecule has 6 heteroatoms. The zero-order valence-corrected chi connectivity index (χ0v) is 10.7. The highest BCUT2D eigenvalue weighted by molar-refractivity contribution is 7.80. The van der Waals surface area contributed by atoms with Gasteiger partial charge in [-0.25, -0.2) is 0 Å². The molecule has 0 unspecified atom stereocenters. The SMILES string of the molecule is CCCN(CC(N)=S)C(=O)COCCOC. The minimum Gasteiger partial charge on any atom is -0.392 e. The van der Waals surface area contributed by atoms with Crippen LogP contribution in [0.5, 0.6) is 0 Å². The molecule has 0 bridgehead atoms. The zero-order chi connectivity index (χ0) is 12.4. The molecule has 16 heavy (non-hydrogen) atoms. The number of hydrogen-bond acceptors (Lipinski definition) is 4. The number of hydrogen-bond donors (Lipinski definition) is 1. The first kappa shape index (κ1) is 15.3. The third kappa shape index (κ3) is 7.56. The minimum absolute atomic E-state index is 0.0476. The lowest BCUT2D eigenvalue weighted by atomic mass is 10.4. The first-order chi connectivity index (χ1) is 7.61. The second-order valence-electron chi connectivity index (χ2n) is 3.33. The second kappa shape index (κ2) is 9.50. The van der Waals surface area contributed by atoms with Crippen molar-refractivity contribution >= 4 is 23.1 Å². The Morgan fingerprint density at radius 2 is 2.12 bits per heavy atom. The van der Waals surface area contributed by atoms with Gasteiger partial charge in [-0.3, -0.25) is 4.79 Å². The van der Waals surface area contributed by atoms with Crippen molar-refractivity contribution in [3.63, 3.8) is 0 Å². The Morgan fingerprint density at radius 3 is 2.62 bits per heavy atom. The van der Waals surface area contributed by atoms with Crippen molar-refractivity contribution in [3.8, 4) is 0 Å². The quantitative estimate of drug-likeness (QED) is 0.465. The molecule has 0 aromatic heterocycles. The molecule has 0 aromatic carbocycles. The summed E-state index contributed by atoms with van der Waals surface area (Å²) in [6.07, 6.45) is 0.867. The highest BCUT2D eigenvalue weighted by atomic mass is 32.1. The van der Waals surface area contributed by atoms with Gasteiger partial charge in [0.25, 0.3) is 0 Å². The number of nitrogens with two attached hydrogens (primary N) is 1. The van der Waals surface area contributed by atoms with E-state index in [9.17, 15) is 4.79 Å². The third-order valence-electron chi connectivity index (χ3n) is 1.85. The summed E-state index contributed by atoms with van der Waals surface area (Å²) in [6.45, 7) is 3.89. The van der Waals surface area contributed by atoms with E-state index < -0.39 is 0 Å². The summed E-state index contributed by atoms with van der Waals surface area (Å²) < 4.78 is 9.95. The standard InChI is InChI=1S/C10H20N2O3S/c1-3-4-12(7-9(11)16)10(13)8-15-6-5-14-2/h3-8H2,1-2H3,(H2,11,16). The maximum absolute atomic E-state index is 11.7. The van der Waals surface area contributed by atoms with Crippen molar-refractivity contribution < 1.29 is 14.3 Å². The summed E-state index contributed by atoms with van der Waals surface area (Å²) in [5, 5.41) is 0. The van der Waals surface area contributed by atoms with E-state index >= 15 is 0 Å². The highest BCUT2D eigenvalue weighted by Crippen LogP contribution is 1.94. The van der Waals surface area contributed by atoms with E-state index in [-0.39, 0.29) is 12.5 Å². The zero-order valence-electron chi connectivity index (χ0n) is 9.90. The molecule has 1 amide bonds. The van der Waals surface area contributed by atoms with Crippen LogP contribution in [-0.2, 0) is 14.3 Å². The number of nitrogens with zero attached hydrogens (tertiary/aromatic N) is 1. The Kier molecular flexibility index (Phi) is 9.07. The summed E-state index contributed by atoms with van der Waals surface area (Å²) in [6, 6.07) is 0. The molecule has 0 aliphatic carbocycles. The summed E-state index contributed by atoms with van der Waals surface area (Å²) in [4.78, 5) is 13.6. The number of ether oxygens (including phenoxy) is 2. The van der Waals surface area contributed by atoms with E-state index in [4.69, 9.17) is 27.4 Å². The predicted octanol–water partition coefficient (Wildman–Crippen LogP) is 0.174. The number of carbonyl (C=O) groups excluding carboxylic acids is 1. The molecule has 0 aliphatic rings. The Bertz CT molecular complexity index is 224. The summed E-state index contributed by atoms with van der Waals surface area (Å²) in [5.41, 5.74) is 5.41. The summed E-state index contributed by atoms with van der Waals surface area (Å²) in [5.74, 6) is -0.0919. The number of thiocarbonyl (C=S) groups is 1. The molecule has 94 valence electrons. The fraction of sp³-hybridized carbons (Fsp3) is 0.800. The normalized spacial score (nSPS) is 10.1. The van der Waals surface area contributed by atoms with Crippen molar-refractivity contribution in [1.82, 2.24) is 4.90 Å². The van der Waals surface area contributed by atoms with Gasteiger partial charge in [0.2, 0.25) is 5.91 Å². The van der Waals surface area contributed by atoms with Gasteiger partial charge in [0.15, 0.2) is 0 Å². The lowest BCUT2D eigenvalue weighted by Gasteiger charge is -2.21. The van der Waals surface area contributed by atoms with Crippen LogP contribution in [0.15, 0.2) is 0 Å². The minimum atomic E-state index is -0.0919. The predicted molar refractivity (Wildman–Crippen MR) is 66.4 cm³/mol. The van der Waals surface area contributed by atoms with Gasteiger partial charge in [-0.1, -0.05) is 19.1 Å². The lowest BCUT2D eigenvalue weighted by molar-refractivity contribution is -0.135. The molecular weight excluding hydrogens is 228 g/mol. The average molecular weight is 248 g/mol. The van der Waals surface area contributed by atoms with E-state index in [2.05, 4.69) is 0 Å². The number of methoxy groups -OCH3 is 1. The van der Waals surface area contributed by atoms with Gasteiger partial charge in [-0.05, 0) is 6.42 Å². The number of rotatable bonds is 9. The maximum atomic E-state index is 11.7. The molecule has 0 rings (SSSR count). The van der Waals surface area contributed by atoms with Crippen LogP contribution in [0.2, 0.25) is 0 Å². The van der Waals surface area contributed by atoms with E-state index in [1.165, 1.54) is 0 Å². The van der Waals surface area contributed by atoms with Crippen LogP contribution in [0.3, 0.4) is 0 Å².